The van der Waals surface area contributed by atoms with Crippen molar-refractivity contribution in [1.29, 1.82) is 0 Å². The summed E-state index contributed by atoms with van der Waals surface area (Å²) in [5, 5.41) is 10.3. The smallest absolute Gasteiger partial charge is 0.258 e. The van der Waals surface area contributed by atoms with Gasteiger partial charge in [0, 0.05) is 10.5 Å². The maximum atomic E-state index is 12.8. The molecule has 0 amide bonds. The van der Waals surface area contributed by atoms with Crippen LogP contribution in [-0.4, -0.2) is 4.92 Å². The van der Waals surface area contributed by atoms with E-state index in [1.165, 1.54) is 6.07 Å². The molecule has 3 nitrogen and oxygen atoms in total. The van der Waals surface area contributed by atoms with Crippen LogP contribution in [0.2, 0.25) is 0 Å². The highest BCUT2D eigenvalue weighted by Crippen LogP contribution is 2.28. The normalized spacial score (nSPS) is 9.92. The highest BCUT2D eigenvalue weighted by molar-refractivity contribution is 9.10. The van der Waals surface area contributed by atoms with Crippen LogP contribution in [0.4, 0.5) is 10.1 Å². The number of benzene rings is 1. The molecule has 1 aromatic rings. The minimum Gasteiger partial charge on any atom is -0.258 e. The molecule has 0 unspecified atom stereocenters. The molecule has 0 spiro atoms. The Kier molecular flexibility index (Phi) is 2.69. The molecule has 0 aliphatic heterocycles. The summed E-state index contributed by atoms with van der Waals surface area (Å²) in [6.07, 6.45) is 0. The van der Waals surface area contributed by atoms with Crippen LogP contribution in [0.3, 0.4) is 0 Å². The van der Waals surface area contributed by atoms with Crippen LogP contribution in [0.15, 0.2) is 21.5 Å². The summed E-state index contributed by atoms with van der Waals surface area (Å²) in [6, 6.07) is 2.32. The summed E-state index contributed by atoms with van der Waals surface area (Å²) in [4.78, 5) is 9.36. The summed E-state index contributed by atoms with van der Waals surface area (Å²) in [6.45, 7) is 0. The maximum Gasteiger partial charge on any atom is 0.286 e. The molecule has 0 fully saturated rings. The van der Waals surface area contributed by atoms with Gasteiger partial charge in [-0.05, 0) is 6.07 Å². The lowest BCUT2D eigenvalue weighted by atomic mass is 10.3. The first kappa shape index (κ1) is 9.47. The molecular formula is C6H3BrFNO2S. The van der Waals surface area contributed by atoms with E-state index in [-0.39, 0.29) is 10.6 Å². The average Bonchev–Trinajstić information content (AvgIpc) is 1.96. The van der Waals surface area contributed by atoms with Crippen LogP contribution >= 0.6 is 28.6 Å². The van der Waals surface area contributed by atoms with Gasteiger partial charge >= 0.3 is 0 Å². The number of hydrogen-bond donors (Lipinski definition) is 1. The number of nitro groups is 1. The first-order valence-corrected chi connectivity index (χ1v) is 4.09. The van der Waals surface area contributed by atoms with Crippen LogP contribution < -0.4 is 0 Å². The molecule has 1 aromatic carbocycles. The van der Waals surface area contributed by atoms with Gasteiger partial charge in [-0.25, -0.2) is 4.39 Å². The van der Waals surface area contributed by atoms with E-state index in [1.54, 1.807) is 0 Å². The summed E-state index contributed by atoms with van der Waals surface area (Å²) in [7, 11) is 0. The highest BCUT2D eigenvalue weighted by atomic mass is 79.9. The SMILES string of the molecule is O=[N+]([O-])c1cc(Br)cc(F)c1S. The van der Waals surface area contributed by atoms with E-state index in [2.05, 4.69) is 28.6 Å². The molecule has 0 radical (unpaired) electrons. The fourth-order valence-corrected chi connectivity index (χ4v) is 1.32. The zero-order valence-electron chi connectivity index (χ0n) is 5.62. The Morgan fingerprint density at radius 2 is 2.17 bits per heavy atom. The van der Waals surface area contributed by atoms with Gasteiger partial charge in [0.05, 0.1) is 4.92 Å². The molecule has 0 N–H and O–H groups in total. The topological polar surface area (TPSA) is 43.1 Å². The van der Waals surface area contributed by atoms with Crippen molar-refractivity contribution in [3.8, 4) is 0 Å². The van der Waals surface area contributed by atoms with E-state index < -0.39 is 10.7 Å². The minimum absolute atomic E-state index is 0.247. The van der Waals surface area contributed by atoms with E-state index in [0.717, 1.165) is 6.07 Å². The van der Waals surface area contributed by atoms with Gasteiger partial charge in [0.15, 0.2) is 0 Å². The van der Waals surface area contributed by atoms with E-state index in [4.69, 9.17) is 0 Å². The molecule has 0 saturated carbocycles. The Hall–Kier alpha value is -0.620. The van der Waals surface area contributed by atoms with Crippen LogP contribution in [-0.2, 0) is 0 Å². The Morgan fingerprint density at radius 3 is 2.67 bits per heavy atom. The second kappa shape index (κ2) is 3.40. The molecular weight excluding hydrogens is 249 g/mol. The number of nitro benzene ring substituents is 1. The molecule has 64 valence electrons. The molecule has 0 aromatic heterocycles. The number of hydrogen-bond acceptors (Lipinski definition) is 3. The first-order chi connectivity index (χ1) is 5.52. The molecule has 0 bridgehead atoms. The van der Waals surface area contributed by atoms with Crippen LogP contribution in [0.1, 0.15) is 0 Å². The molecule has 0 atom stereocenters. The van der Waals surface area contributed by atoms with Crippen molar-refractivity contribution in [2.75, 3.05) is 0 Å². The molecule has 6 heteroatoms. The van der Waals surface area contributed by atoms with Crippen LogP contribution in [0, 0.1) is 15.9 Å². The lowest BCUT2D eigenvalue weighted by molar-refractivity contribution is -0.388. The first-order valence-electron chi connectivity index (χ1n) is 2.85. The highest BCUT2D eigenvalue weighted by Gasteiger charge is 2.15. The van der Waals surface area contributed by atoms with Gasteiger partial charge in [-0.15, -0.1) is 12.6 Å². The van der Waals surface area contributed by atoms with Crippen molar-refractivity contribution in [1.82, 2.24) is 0 Å². The van der Waals surface area contributed by atoms with Crippen molar-refractivity contribution in [3.63, 3.8) is 0 Å². The van der Waals surface area contributed by atoms with Crippen molar-refractivity contribution in [2.45, 2.75) is 4.90 Å². The van der Waals surface area contributed by atoms with Gasteiger partial charge < -0.3 is 0 Å². The zero-order chi connectivity index (χ0) is 9.30. The second-order valence-corrected chi connectivity index (χ2v) is 3.38. The largest absolute Gasteiger partial charge is 0.286 e. The molecule has 0 aliphatic rings. The lowest BCUT2D eigenvalue weighted by Gasteiger charge is -1.97. The van der Waals surface area contributed by atoms with Crippen molar-refractivity contribution in [3.05, 3.63) is 32.5 Å². The standard InChI is InChI=1S/C6H3BrFNO2S/c7-3-1-4(8)6(12)5(2-3)9(10)11/h1-2,12H. The summed E-state index contributed by atoms with van der Waals surface area (Å²) in [5.74, 6) is -0.709. The average molecular weight is 252 g/mol. The number of halogens is 2. The molecule has 0 heterocycles. The maximum absolute atomic E-state index is 12.8. The quantitative estimate of drug-likeness (QED) is 0.474. The third-order valence-corrected chi connectivity index (χ3v) is 2.11. The summed E-state index contributed by atoms with van der Waals surface area (Å²) in [5.41, 5.74) is -0.342. The predicted octanol–water partition coefficient (Wildman–Crippen LogP) is 2.79. The summed E-state index contributed by atoms with van der Waals surface area (Å²) >= 11 is 6.60. The molecule has 0 saturated heterocycles. The lowest BCUT2D eigenvalue weighted by Crippen LogP contribution is -1.92. The second-order valence-electron chi connectivity index (χ2n) is 2.01. The fraction of sp³-hybridized carbons (Fsp3) is 0. The minimum atomic E-state index is -0.709. The van der Waals surface area contributed by atoms with Gasteiger partial charge in [0.2, 0.25) is 0 Å². The predicted molar refractivity (Wildman–Crippen MR) is 48.0 cm³/mol. The van der Waals surface area contributed by atoms with E-state index >= 15 is 0 Å². The van der Waals surface area contributed by atoms with Gasteiger partial charge in [-0.1, -0.05) is 15.9 Å². The van der Waals surface area contributed by atoms with Gasteiger partial charge in [0.25, 0.3) is 5.69 Å². The fourth-order valence-electron chi connectivity index (χ4n) is 0.692. The Labute approximate surface area is 81.3 Å². The van der Waals surface area contributed by atoms with Crippen molar-refractivity contribution < 1.29 is 9.31 Å². The number of thiol groups is 1. The monoisotopic (exact) mass is 251 g/mol. The van der Waals surface area contributed by atoms with E-state index in [1.807, 2.05) is 0 Å². The molecule has 12 heavy (non-hydrogen) atoms. The Balaban J connectivity index is 3.37. The third-order valence-electron chi connectivity index (χ3n) is 1.20. The third kappa shape index (κ3) is 1.75. The van der Waals surface area contributed by atoms with E-state index in [9.17, 15) is 14.5 Å². The Morgan fingerprint density at radius 1 is 1.58 bits per heavy atom. The number of nitrogens with zero attached hydrogens (tertiary/aromatic N) is 1. The van der Waals surface area contributed by atoms with Crippen LogP contribution in [0.25, 0.3) is 0 Å². The zero-order valence-corrected chi connectivity index (χ0v) is 8.10. The van der Waals surface area contributed by atoms with Gasteiger partial charge in [0.1, 0.15) is 10.7 Å². The number of rotatable bonds is 1. The van der Waals surface area contributed by atoms with Crippen LogP contribution in [0.5, 0.6) is 0 Å². The van der Waals surface area contributed by atoms with Crippen molar-refractivity contribution >= 4 is 34.2 Å². The van der Waals surface area contributed by atoms with Crippen molar-refractivity contribution in [2.24, 2.45) is 0 Å². The molecule has 0 aliphatic carbocycles. The van der Waals surface area contributed by atoms with Gasteiger partial charge in [-0.2, -0.15) is 0 Å². The van der Waals surface area contributed by atoms with Gasteiger partial charge in [-0.3, -0.25) is 10.1 Å². The van der Waals surface area contributed by atoms with E-state index in [0.29, 0.717) is 4.47 Å². The summed E-state index contributed by atoms with van der Waals surface area (Å²) < 4.78 is 13.1. The Bertz CT molecular complexity index is 345. The molecule has 1 rings (SSSR count).